The lowest BCUT2D eigenvalue weighted by atomic mass is 9.86. The standard InChI is InChI=1S/C27H24N2O2/c1-17-10-12-18(13-11-17)26-25-22(8-5-9-24(25)30)28-23-16-20(14-15-21(23)29-26)27(31)19-6-3-2-4-7-19/h2-4,6-7,10-16,26,28-29H,5,8-9H2,1H3. The number of rotatable bonds is 3. The number of carbonyl (C=O) groups is 2. The van der Waals surface area contributed by atoms with Crippen molar-refractivity contribution in [1.82, 2.24) is 0 Å². The van der Waals surface area contributed by atoms with Gasteiger partial charge in [-0.1, -0.05) is 60.2 Å². The molecule has 3 aromatic rings. The van der Waals surface area contributed by atoms with Crippen LogP contribution in [0.1, 0.15) is 52.4 Å². The summed E-state index contributed by atoms with van der Waals surface area (Å²) >= 11 is 0. The van der Waals surface area contributed by atoms with Crippen molar-refractivity contribution >= 4 is 22.9 Å². The Morgan fingerprint density at radius 1 is 0.871 bits per heavy atom. The zero-order valence-corrected chi connectivity index (χ0v) is 17.4. The van der Waals surface area contributed by atoms with Crippen LogP contribution in [0, 0.1) is 6.92 Å². The zero-order valence-electron chi connectivity index (χ0n) is 17.4. The molecule has 1 unspecified atom stereocenters. The Hall–Kier alpha value is -3.66. The number of Topliss-reactive ketones (excluding diaryl/α,β-unsaturated/α-hetero) is 1. The minimum absolute atomic E-state index is 0.0153. The molecule has 0 saturated carbocycles. The first-order valence-electron chi connectivity index (χ1n) is 10.7. The van der Waals surface area contributed by atoms with Gasteiger partial charge < -0.3 is 10.6 Å². The average Bonchev–Trinajstić information content (AvgIpc) is 2.96. The summed E-state index contributed by atoms with van der Waals surface area (Å²) in [7, 11) is 0. The van der Waals surface area contributed by atoms with Gasteiger partial charge in [0.15, 0.2) is 11.6 Å². The molecule has 4 heteroatoms. The van der Waals surface area contributed by atoms with Crippen LogP contribution in [0.3, 0.4) is 0 Å². The van der Waals surface area contributed by atoms with Gasteiger partial charge in [0.25, 0.3) is 0 Å². The minimum atomic E-state index is -0.215. The lowest BCUT2D eigenvalue weighted by Gasteiger charge is -2.25. The van der Waals surface area contributed by atoms with Gasteiger partial charge >= 0.3 is 0 Å². The second kappa shape index (κ2) is 7.88. The smallest absolute Gasteiger partial charge is 0.193 e. The lowest BCUT2D eigenvalue weighted by Crippen LogP contribution is -2.23. The van der Waals surface area contributed by atoms with Gasteiger partial charge in [0.1, 0.15) is 0 Å². The summed E-state index contributed by atoms with van der Waals surface area (Å²) in [5.74, 6) is 0.165. The molecular formula is C27H24N2O2. The Labute approximate surface area is 182 Å². The molecule has 0 radical (unpaired) electrons. The molecule has 2 N–H and O–H groups in total. The molecule has 31 heavy (non-hydrogen) atoms. The fourth-order valence-electron chi connectivity index (χ4n) is 4.40. The van der Waals surface area contributed by atoms with Crippen molar-refractivity contribution in [3.8, 4) is 0 Å². The second-order valence-corrected chi connectivity index (χ2v) is 8.24. The topological polar surface area (TPSA) is 58.2 Å². The van der Waals surface area contributed by atoms with E-state index in [0.29, 0.717) is 17.5 Å². The number of carbonyl (C=O) groups excluding carboxylic acids is 2. The summed E-state index contributed by atoms with van der Waals surface area (Å²) < 4.78 is 0. The Balaban J connectivity index is 1.58. The molecule has 5 rings (SSSR count). The van der Waals surface area contributed by atoms with E-state index >= 15 is 0 Å². The first-order valence-corrected chi connectivity index (χ1v) is 10.7. The highest BCUT2D eigenvalue weighted by Gasteiger charge is 2.32. The molecular weight excluding hydrogens is 384 g/mol. The van der Waals surface area contributed by atoms with Crippen molar-refractivity contribution in [2.75, 3.05) is 10.6 Å². The summed E-state index contributed by atoms with van der Waals surface area (Å²) in [5, 5.41) is 7.07. The maximum Gasteiger partial charge on any atom is 0.193 e. The molecule has 1 aliphatic carbocycles. The normalized spacial score (nSPS) is 17.7. The van der Waals surface area contributed by atoms with E-state index in [1.807, 2.05) is 48.5 Å². The highest BCUT2D eigenvalue weighted by molar-refractivity contribution is 6.10. The van der Waals surface area contributed by atoms with Crippen LogP contribution in [0.5, 0.6) is 0 Å². The average molecular weight is 409 g/mol. The first kappa shape index (κ1) is 19.3. The third-order valence-corrected chi connectivity index (χ3v) is 6.06. The predicted molar refractivity (Wildman–Crippen MR) is 123 cm³/mol. The number of anilines is 2. The Morgan fingerprint density at radius 2 is 1.65 bits per heavy atom. The molecule has 0 aromatic heterocycles. The molecule has 0 spiro atoms. The molecule has 0 bridgehead atoms. The van der Waals surface area contributed by atoms with Gasteiger partial charge in [-0.3, -0.25) is 9.59 Å². The van der Waals surface area contributed by atoms with E-state index in [4.69, 9.17) is 0 Å². The minimum Gasteiger partial charge on any atom is -0.372 e. The van der Waals surface area contributed by atoms with E-state index < -0.39 is 0 Å². The Morgan fingerprint density at radius 3 is 2.42 bits per heavy atom. The number of aryl methyl sites for hydroxylation is 1. The molecule has 154 valence electrons. The van der Waals surface area contributed by atoms with Gasteiger partial charge in [0, 0.05) is 28.8 Å². The fourth-order valence-corrected chi connectivity index (χ4v) is 4.40. The van der Waals surface area contributed by atoms with E-state index in [2.05, 4.69) is 41.8 Å². The highest BCUT2D eigenvalue weighted by atomic mass is 16.1. The molecule has 1 heterocycles. The molecule has 0 fully saturated rings. The van der Waals surface area contributed by atoms with Gasteiger partial charge in [-0.15, -0.1) is 0 Å². The van der Waals surface area contributed by atoms with Crippen LogP contribution < -0.4 is 10.6 Å². The molecule has 0 saturated heterocycles. The number of ketones is 2. The lowest BCUT2D eigenvalue weighted by molar-refractivity contribution is -0.116. The summed E-state index contributed by atoms with van der Waals surface area (Å²) in [5.41, 5.74) is 7.01. The number of hydrogen-bond acceptors (Lipinski definition) is 4. The molecule has 4 nitrogen and oxygen atoms in total. The van der Waals surface area contributed by atoms with Crippen LogP contribution in [-0.4, -0.2) is 11.6 Å². The van der Waals surface area contributed by atoms with Crippen molar-refractivity contribution < 1.29 is 9.59 Å². The van der Waals surface area contributed by atoms with E-state index in [9.17, 15) is 9.59 Å². The second-order valence-electron chi connectivity index (χ2n) is 8.24. The van der Waals surface area contributed by atoms with Crippen LogP contribution in [0.15, 0.2) is 84.1 Å². The number of fused-ring (bicyclic) bond motifs is 1. The quantitative estimate of drug-likeness (QED) is 0.537. The van der Waals surface area contributed by atoms with E-state index in [-0.39, 0.29) is 17.6 Å². The summed E-state index contributed by atoms with van der Waals surface area (Å²) in [6.07, 6.45) is 2.23. The Bertz CT molecular complexity index is 1190. The molecule has 0 amide bonds. The van der Waals surface area contributed by atoms with Crippen LogP contribution in [0.4, 0.5) is 11.4 Å². The monoisotopic (exact) mass is 408 g/mol. The molecule has 1 aliphatic heterocycles. The van der Waals surface area contributed by atoms with Crippen molar-refractivity contribution in [2.45, 2.75) is 32.2 Å². The van der Waals surface area contributed by atoms with Crippen molar-refractivity contribution in [1.29, 1.82) is 0 Å². The van der Waals surface area contributed by atoms with Gasteiger partial charge in [-0.05, 0) is 43.5 Å². The number of allylic oxidation sites excluding steroid dienone is 1. The third kappa shape index (κ3) is 3.66. The largest absolute Gasteiger partial charge is 0.372 e. The van der Waals surface area contributed by atoms with E-state index in [1.165, 1.54) is 5.56 Å². The van der Waals surface area contributed by atoms with Gasteiger partial charge in [0.05, 0.1) is 17.4 Å². The molecule has 1 atom stereocenters. The Kier molecular flexibility index (Phi) is 4.91. The van der Waals surface area contributed by atoms with Crippen LogP contribution in [0.2, 0.25) is 0 Å². The van der Waals surface area contributed by atoms with E-state index in [1.54, 1.807) is 0 Å². The maximum absolute atomic E-state index is 13.0. The van der Waals surface area contributed by atoms with Crippen LogP contribution in [0.25, 0.3) is 0 Å². The zero-order chi connectivity index (χ0) is 21.4. The number of nitrogens with one attached hydrogen (secondary N) is 2. The van der Waals surface area contributed by atoms with Gasteiger partial charge in [-0.2, -0.15) is 0 Å². The predicted octanol–water partition coefficient (Wildman–Crippen LogP) is 5.81. The maximum atomic E-state index is 13.0. The summed E-state index contributed by atoms with van der Waals surface area (Å²) in [6.45, 7) is 2.06. The molecule has 2 aliphatic rings. The summed E-state index contributed by atoms with van der Waals surface area (Å²) in [4.78, 5) is 25.9. The van der Waals surface area contributed by atoms with Crippen LogP contribution in [-0.2, 0) is 4.79 Å². The van der Waals surface area contributed by atoms with Crippen molar-refractivity contribution in [3.63, 3.8) is 0 Å². The number of hydrogen-bond donors (Lipinski definition) is 2. The van der Waals surface area contributed by atoms with E-state index in [0.717, 1.165) is 41.1 Å². The third-order valence-electron chi connectivity index (χ3n) is 6.06. The SMILES string of the molecule is Cc1ccc(C2Nc3ccc(C(=O)c4ccccc4)cc3NC3=C2C(=O)CCC3)cc1. The molecule has 3 aromatic carbocycles. The van der Waals surface area contributed by atoms with Gasteiger partial charge in [0.2, 0.25) is 0 Å². The first-order chi connectivity index (χ1) is 15.1. The summed E-state index contributed by atoms with van der Waals surface area (Å²) in [6, 6.07) is 23.1. The highest BCUT2D eigenvalue weighted by Crippen LogP contribution is 2.41. The van der Waals surface area contributed by atoms with Gasteiger partial charge in [-0.25, -0.2) is 0 Å². The fraction of sp³-hybridized carbons (Fsp3) is 0.185. The van der Waals surface area contributed by atoms with Crippen molar-refractivity contribution in [2.24, 2.45) is 0 Å². The van der Waals surface area contributed by atoms with Crippen LogP contribution >= 0.6 is 0 Å². The van der Waals surface area contributed by atoms with Crippen molar-refractivity contribution in [3.05, 3.63) is 106 Å². The number of benzene rings is 3.